The first kappa shape index (κ1) is 24.5. The summed E-state index contributed by atoms with van der Waals surface area (Å²) in [6, 6.07) is 21.0. The molecule has 1 amide bonds. The second kappa shape index (κ2) is 10.8. The van der Waals surface area contributed by atoms with Crippen molar-refractivity contribution in [1.82, 2.24) is 14.8 Å². The van der Waals surface area contributed by atoms with Crippen molar-refractivity contribution >= 4 is 34.7 Å². The number of nitrogens with zero attached hydrogens (tertiary/aromatic N) is 5. The van der Waals surface area contributed by atoms with Gasteiger partial charge < -0.3 is 5.32 Å². The lowest BCUT2D eigenvalue weighted by Crippen LogP contribution is -2.25. The van der Waals surface area contributed by atoms with Crippen molar-refractivity contribution in [3.05, 3.63) is 99.1 Å². The van der Waals surface area contributed by atoms with Gasteiger partial charge in [0.25, 0.3) is 11.4 Å². The van der Waals surface area contributed by atoms with Crippen LogP contribution in [0.15, 0.2) is 84.0 Å². The Kier molecular flexibility index (Phi) is 7.35. The predicted molar refractivity (Wildman–Crippen MR) is 135 cm³/mol. The van der Waals surface area contributed by atoms with Crippen LogP contribution < -0.4 is 5.32 Å². The van der Waals surface area contributed by atoms with Crippen LogP contribution in [0, 0.1) is 20.2 Å². The van der Waals surface area contributed by atoms with E-state index < -0.39 is 15.1 Å². The van der Waals surface area contributed by atoms with Gasteiger partial charge in [-0.2, -0.15) is 0 Å². The van der Waals surface area contributed by atoms with E-state index in [2.05, 4.69) is 15.5 Å². The van der Waals surface area contributed by atoms with E-state index in [-0.39, 0.29) is 17.3 Å². The molecule has 36 heavy (non-hydrogen) atoms. The maximum Gasteiger partial charge on any atom is 0.271 e. The molecule has 182 valence electrons. The standard InChI is InChI=1S/C24H20N6O5S/c1-2-21(23(31)25-17-9-7-13-20(15-17)30(34)35)36-24-27-26-22(28(24)18-10-4-3-5-11-18)16-8-6-12-19(14-16)29(32)33/h3-15,21H,2H2,1H3,(H,25,31). The molecule has 0 aliphatic rings. The molecule has 0 aliphatic heterocycles. The Labute approximate surface area is 209 Å². The maximum absolute atomic E-state index is 13.0. The third kappa shape index (κ3) is 5.39. The first-order valence-corrected chi connectivity index (χ1v) is 11.7. The number of nitro groups is 2. The lowest BCUT2D eigenvalue weighted by Gasteiger charge is -2.16. The van der Waals surface area contributed by atoms with E-state index >= 15 is 0 Å². The molecule has 0 spiro atoms. The molecule has 0 radical (unpaired) electrons. The van der Waals surface area contributed by atoms with Gasteiger partial charge in [-0.3, -0.25) is 29.6 Å². The van der Waals surface area contributed by atoms with Gasteiger partial charge in [0.2, 0.25) is 5.91 Å². The van der Waals surface area contributed by atoms with E-state index in [0.29, 0.717) is 28.7 Å². The van der Waals surface area contributed by atoms with Gasteiger partial charge in [-0.15, -0.1) is 10.2 Å². The van der Waals surface area contributed by atoms with Gasteiger partial charge in [-0.05, 0) is 24.6 Å². The van der Waals surface area contributed by atoms with Crippen LogP contribution in [0.3, 0.4) is 0 Å². The highest BCUT2D eigenvalue weighted by Gasteiger charge is 2.25. The van der Waals surface area contributed by atoms with Crippen molar-refractivity contribution in [3.8, 4) is 17.1 Å². The molecule has 0 bridgehead atoms. The van der Waals surface area contributed by atoms with Crippen LogP contribution in [0.2, 0.25) is 0 Å². The van der Waals surface area contributed by atoms with E-state index in [0.717, 1.165) is 5.69 Å². The summed E-state index contributed by atoms with van der Waals surface area (Å²) >= 11 is 1.18. The van der Waals surface area contributed by atoms with Crippen LogP contribution in [-0.2, 0) is 4.79 Å². The Morgan fingerprint density at radius 1 is 0.944 bits per heavy atom. The number of amides is 1. The van der Waals surface area contributed by atoms with Crippen LogP contribution in [0.25, 0.3) is 17.1 Å². The van der Waals surface area contributed by atoms with E-state index in [9.17, 15) is 25.0 Å². The molecule has 1 unspecified atom stereocenters. The van der Waals surface area contributed by atoms with Crippen molar-refractivity contribution < 1.29 is 14.6 Å². The fourth-order valence-corrected chi connectivity index (χ4v) is 4.44. The number of thioether (sulfide) groups is 1. The first-order valence-electron chi connectivity index (χ1n) is 10.8. The number of rotatable bonds is 9. The number of para-hydroxylation sites is 1. The molecule has 1 heterocycles. The minimum absolute atomic E-state index is 0.0768. The number of aromatic nitrogens is 3. The Balaban J connectivity index is 1.67. The average molecular weight is 505 g/mol. The van der Waals surface area contributed by atoms with Gasteiger partial charge in [0.15, 0.2) is 11.0 Å². The third-order valence-electron chi connectivity index (χ3n) is 5.20. The molecule has 12 heteroatoms. The minimum atomic E-state index is -0.589. The Morgan fingerprint density at radius 3 is 2.28 bits per heavy atom. The molecule has 4 rings (SSSR count). The number of carbonyl (C=O) groups excluding carboxylic acids is 1. The number of anilines is 1. The zero-order chi connectivity index (χ0) is 25.7. The summed E-state index contributed by atoms with van der Waals surface area (Å²) in [6.07, 6.45) is 0.444. The molecular formula is C24H20N6O5S. The van der Waals surface area contributed by atoms with E-state index in [1.165, 1.54) is 42.1 Å². The summed E-state index contributed by atoms with van der Waals surface area (Å²) in [5, 5.41) is 33.5. The molecule has 3 aromatic carbocycles. The molecule has 0 fully saturated rings. The lowest BCUT2D eigenvalue weighted by molar-refractivity contribution is -0.385. The molecule has 11 nitrogen and oxygen atoms in total. The maximum atomic E-state index is 13.0. The lowest BCUT2D eigenvalue weighted by atomic mass is 10.2. The average Bonchev–Trinajstić information content (AvgIpc) is 3.31. The van der Waals surface area contributed by atoms with Gasteiger partial charge >= 0.3 is 0 Å². The predicted octanol–water partition coefficient (Wildman–Crippen LogP) is 5.26. The number of hydrogen-bond acceptors (Lipinski definition) is 8. The van der Waals surface area contributed by atoms with Crippen LogP contribution in [-0.4, -0.2) is 35.8 Å². The number of nitrogens with one attached hydrogen (secondary N) is 1. The summed E-state index contributed by atoms with van der Waals surface area (Å²) < 4.78 is 1.74. The number of benzene rings is 3. The van der Waals surface area contributed by atoms with Crippen molar-refractivity contribution in [2.45, 2.75) is 23.8 Å². The fourth-order valence-electron chi connectivity index (χ4n) is 3.47. The van der Waals surface area contributed by atoms with Crippen molar-refractivity contribution in [1.29, 1.82) is 0 Å². The van der Waals surface area contributed by atoms with E-state index in [1.807, 2.05) is 37.3 Å². The van der Waals surface area contributed by atoms with Gasteiger partial charge in [-0.1, -0.05) is 55.1 Å². The molecule has 0 saturated carbocycles. The van der Waals surface area contributed by atoms with Crippen LogP contribution >= 0.6 is 11.8 Å². The molecule has 4 aromatic rings. The second-order valence-electron chi connectivity index (χ2n) is 7.60. The summed E-state index contributed by atoms with van der Waals surface area (Å²) in [4.78, 5) is 34.4. The van der Waals surface area contributed by atoms with Crippen LogP contribution in [0.1, 0.15) is 13.3 Å². The number of carbonyl (C=O) groups is 1. The second-order valence-corrected chi connectivity index (χ2v) is 8.77. The zero-order valence-electron chi connectivity index (χ0n) is 19.0. The molecular weight excluding hydrogens is 484 g/mol. The number of hydrogen-bond donors (Lipinski definition) is 1. The molecule has 1 N–H and O–H groups in total. The zero-order valence-corrected chi connectivity index (χ0v) is 19.8. The molecule has 1 aromatic heterocycles. The highest BCUT2D eigenvalue weighted by molar-refractivity contribution is 8.00. The first-order chi connectivity index (χ1) is 17.4. The molecule has 0 aliphatic carbocycles. The number of non-ortho nitro benzene ring substituents is 2. The van der Waals surface area contributed by atoms with E-state index in [4.69, 9.17) is 0 Å². The topological polar surface area (TPSA) is 146 Å². The third-order valence-corrected chi connectivity index (χ3v) is 6.51. The summed E-state index contributed by atoms with van der Waals surface area (Å²) in [7, 11) is 0. The molecule has 1 atom stereocenters. The normalized spacial score (nSPS) is 11.6. The Bertz CT molecular complexity index is 1430. The Hall–Kier alpha value is -4.58. The van der Waals surface area contributed by atoms with Gasteiger partial charge in [0.05, 0.1) is 15.1 Å². The van der Waals surface area contributed by atoms with Gasteiger partial charge in [0.1, 0.15) is 0 Å². The SMILES string of the molecule is CCC(Sc1nnc(-c2cccc([N+](=O)[O-])c2)n1-c1ccccc1)C(=O)Nc1cccc([N+](=O)[O-])c1. The number of nitro benzene ring substituents is 2. The smallest absolute Gasteiger partial charge is 0.271 e. The van der Waals surface area contributed by atoms with Crippen molar-refractivity contribution in [3.63, 3.8) is 0 Å². The van der Waals surface area contributed by atoms with Crippen LogP contribution in [0.5, 0.6) is 0 Å². The monoisotopic (exact) mass is 504 g/mol. The summed E-state index contributed by atoms with van der Waals surface area (Å²) in [5.41, 5.74) is 1.34. The summed E-state index contributed by atoms with van der Waals surface area (Å²) in [5.74, 6) is 0.0452. The highest BCUT2D eigenvalue weighted by atomic mass is 32.2. The van der Waals surface area contributed by atoms with Gasteiger partial charge in [-0.25, -0.2) is 0 Å². The van der Waals surface area contributed by atoms with Crippen molar-refractivity contribution in [2.24, 2.45) is 0 Å². The Morgan fingerprint density at radius 2 is 1.61 bits per heavy atom. The van der Waals surface area contributed by atoms with Crippen LogP contribution in [0.4, 0.5) is 17.1 Å². The highest BCUT2D eigenvalue weighted by Crippen LogP contribution is 2.33. The quantitative estimate of drug-likeness (QED) is 0.184. The fraction of sp³-hybridized carbons (Fsp3) is 0.125. The summed E-state index contributed by atoms with van der Waals surface area (Å²) in [6.45, 7) is 1.84. The van der Waals surface area contributed by atoms with E-state index in [1.54, 1.807) is 22.8 Å². The largest absolute Gasteiger partial charge is 0.325 e. The van der Waals surface area contributed by atoms with Crippen molar-refractivity contribution in [2.75, 3.05) is 5.32 Å². The molecule has 0 saturated heterocycles. The minimum Gasteiger partial charge on any atom is -0.325 e. The van der Waals surface area contributed by atoms with Gasteiger partial charge in [0, 0.05) is 41.2 Å².